The molecule has 1 aliphatic rings. The fraction of sp³-hybridized carbons (Fsp3) is 0.385. The van der Waals surface area contributed by atoms with Crippen molar-refractivity contribution < 1.29 is 0 Å². The molecule has 0 N–H and O–H groups in total. The summed E-state index contributed by atoms with van der Waals surface area (Å²) >= 11 is 1.76. The van der Waals surface area contributed by atoms with Gasteiger partial charge in [-0.15, -0.1) is 11.3 Å². The highest BCUT2D eigenvalue weighted by atomic mass is 32.1. The van der Waals surface area contributed by atoms with Crippen LogP contribution in [0.5, 0.6) is 0 Å². The first-order chi connectivity index (χ1) is 14.7. The van der Waals surface area contributed by atoms with Crippen LogP contribution in [-0.4, -0.2) is 29.3 Å². The Bertz CT molecular complexity index is 1010. The van der Waals surface area contributed by atoms with Crippen LogP contribution < -0.4 is 0 Å². The minimum atomic E-state index is 0.892. The second kappa shape index (κ2) is 9.57. The van der Waals surface area contributed by atoms with Gasteiger partial charge >= 0.3 is 0 Å². The van der Waals surface area contributed by atoms with Crippen molar-refractivity contribution in [3.05, 3.63) is 69.0 Å². The quantitative estimate of drug-likeness (QED) is 0.320. The lowest BCUT2D eigenvalue weighted by molar-refractivity contribution is 0.536. The number of rotatable bonds is 7. The van der Waals surface area contributed by atoms with Crippen LogP contribution in [0.25, 0.3) is 11.3 Å². The number of aromatic nitrogens is 1. The molecule has 0 spiro atoms. The predicted octanol–water partition coefficient (Wildman–Crippen LogP) is 6.59. The fourth-order valence-electron chi connectivity index (χ4n) is 4.04. The number of thiazole rings is 1. The molecule has 1 aliphatic heterocycles. The highest BCUT2D eigenvalue weighted by molar-refractivity contribution is 7.10. The summed E-state index contributed by atoms with van der Waals surface area (Å²) in [5.74, 6) is 0. The van der Waals surface area contributed by atoms with E-state index < -0.39 is 0 Å². The van der Waals surface area contributed by atoms with E-state index in [4.69, 9.17) is 9.98 Å². The largest absolute Gasteiger partial charge is 0.363 e. The monoisotopic (exact) mass is 417 g/mol. The third kappa shape index (κ3) is 4.81. The van der Waals surface area contributed by atoms with Crippen LogP contribution in [0.3, 0.4) is 0 Å². The SMILES string of the molecule is CCc1cc(N=CN2CCCC2)c(CC)cc1Cc1nc(-c2ccc(C)cc2)cs1. The van der Waals surface area contributed by atoms with Crippen molar-refractivity contribution in [1.29, 1.82) is 0 Å². The lowest BCUT2D eigenvalue weighted by atomic mass is 9.97. The first-order valence-electron chi connectivity index (χ1n) is 11.1. The Hall–Kier alpha value is -2.46. The van der Waals surface area contributed by atoms with Crippen molar-refractivity contribution in [2.45, 2.75) is 52.9 Å². The third-order valence-corrected chi connectivity index (χ3v) is 6.75. The van der Waals surface area contributed by atoms with Crippen LogP contribution in [0.15, 0.2) is 46.8 Å². The molecule has 0 saturated carbocycles. The minimum absolute atomic E-state index is 0.892. The summed E-state index contributed by atoms with van der Waals surface area (Å²) in [6.07, 6.45) is 7.52. The summed E-state index contributed by atoms with van der Waals surface area (Å²) < 4.78 is 0. The second-order valence-corrected chi connectivity index (χ2v) is 9.06. The predicted molar refractivity (Wildman–Crippen MR) is 129 cm³/mol. The molecule has 1 aromatic heterocycles. The molecule has 156 valence electrons. The van der Waals surface area contributed by atoms with E-state index in [9.17, 15) is 0 Å². The molecule has 0 aliphatic carbocycles. The number of aliphatic imine (C=N–C) groups is 1. The first kappa shape index (κ1) is 20.8. The smallest absolute Gasteiger partial charge is 0.0976 e. The standard InChI is InChI=1S/C26H31N3S/c1-4-20-15-24(27-18-29-12-6-7-13-29)21(5-2)14-23(20)16-26-28-25(17-30-26)22-10-8-19(3)9-11-22/h8-11,14-15,17-18H,4-7,12-13,16H2,1-3H3. The Kier molecular flexibility index (Phi) is 6.63. The molecule has 3 nitrogen and oxygen atoms in total. The molecule has 1 saturated heterocycles. The summed E-state index contributed by atoms with van der Waals surface area (Å²) in [5.41, 5.74) is 8.78. The van der Waals surface area contributed by atoms with Gasteiger partial charge in [0, 0.05) is 30.5 Å². The zero-order chi connectivity index (χ0) is 20.9. The number of hydrogen-bond acceptors (Lipinski definition) is 3. The maximum Gasteiger partial charge on any atom is 0.0976 e. The van der Waals surface area contributed by atoms with E-state index in [1.165, 1.54) is 45.7 Å². The van der Waals surface area contributed by atoms with Crippen molar-refractivity contribution >= 4 is 23.4 Å². The molecule has 30 heavy (non-hydrogen) atoms. The highest BCUT2D eigenvalue weighted by Crippen LogP contribution is 2.29. The van der Waals surface area contributed by atoms with Gasteiger partial charge in [-0.2, -0.15) is 0 Å². The molecule has 0 atom stereocenters. The Morgan fingerprint density at radius 2 is 1.73 bits per heavy atom. The van der Waals surface area contributed by atoms with Crippen molar-refractivity contribution in [1.82, 2.24) is 9.88 Å². The number of nitrogens with zero attached hydrogens (tertiary/aromatic N) is 3. The van der Waals surface area contributed by atoms with Gasteiger partial charge < -0.3 is 4.90 Å². The van der Waals surface area contributed by atoms with Gasteiger partial charge in [-0.1, -0.05) is 49.7 Å². The van der Waals surface area contributed by atoms with E-state index in [0.29, 0.717) is 0 Å². The molecule has 0 amide bonds. The maximum absolute atomic E-state index is 4.93. The van der Waals surface area contributed by atoms with Gasteiger partial charge in [0.25, 0.3) is 0 Å². The summed E-state index contributed by atoms with van der Waals surface area (Å²) in [7, 11) is 0. The Balaban J connectivity index is 1.57. The van der Waals surface area contributed by atoms with E-state index in [2.05, 4.69) is 73.8 Å². The maximum atomic E-state index is 4.93. The molecule has 4 rings (SSSR count). The molecule has 2 heterocycles. The van der Waals surface area contributed by atoms with Crippen LogP contribution in [0.1, 0.15) is 54.0 Å². The molecule has 0 radical (unpaired) electrons. The van der Waals surface area contributed by atoms with Gasteiger partial charge in [0.05, 0.1) is 22.7 Å². The Morgan fingerprint density at radius 3 is 2.43 bits per heavy atom. The Morgan fingerprint density at radius 1 is 1.00 bits per heavy atom. The van der Waals surface area contributed by atoms with Gasteiger partial charge in [-0.25, -0.2) is 9.98 Å². The number of aryl methyl sites for hydroxylation is 3. The molecule has 0 bridgehead atoms. The highest BCUT2D eigenvalue weighted by Gasteiger charge is 2.12. The second-order valence-electron chi connectivity index (χ2n) is 8.11. The van der Waals surface area contributed by atoms with Crippen LogP contribution in [-0.2, 0) is 19.3 Å². The van der Waals surface area contributed by atoms with E-state index >= 15 is 0 Å². The zero-order valence-corrected chi connectivity index (χ0v) is 19.1. The van der Waals surface area contributed by atoms with Crippen LogP contribution >= 0.6 is 11.3 Å². The number of benzene rings is 2. The summed E-state index contributed by atoms with van der Waals surface area (Å²) in [6, 6.07) is 13.3. The van der Waals surface area contributed by atoms with Crippen molar-refractivity contribution in [2.24, 2.45) is 4.99 Å². The van der Waals surface area contributed by atoms with Crippen molar-refractivity contribution in [3.63, 3.8) is 0 Å². The molecule has 4 heteroatoms. The third-order valence-electron chi connectivity index (χ3n) is 5.90. The topological polar surface area (TPSA) is 28.5 Å². The summed E-state index contributed by atoms with van der Waals surface area (Å²) in [5, 5.41) is 3.36. The van der Waals surface area contributed by atoms with Crippen molar-refractivity contribution in [3.8, 4) is 11.3 Å². The summed E-state index contributed by atoms with van der Waals surface area (Å²) in [6.45, 7) is 8.84. The molecule has 3 aromatic rings. The molecule has 0 unspecified atom stereocenters. The summed E-state index contributed by atoms with van der Waals surface area (Å²) in [4.78, 5) is 12.1. The molecule has 2 aromatic carbocycles. The van der Waals surface area contributed by atoms with Gasteiger partial charge in [-0.3, -0.25) is 0 Å². The fourth-order valence-corrected chi connectivity index (χ4v) is 4.86. The van der Waals surface area contributed by atoms with Gasteiger partial charge in [0.1, 0.15) is 0 Å². The van der Waals surface area contributed by atoms with E-state index in [-0.39, 0.29) is 0 Å². The number of hydrogen-bond donors (Lipinski definition) is 0. The number of likely N-dealkylation sites (tertiary alicyclic amines) is 1. The lowest BCUT2D eigenvalue weighted by Crippen LogP contribution is -2.16. The average molecular weight is 418 g/mol. The van der Waals surface area contributed by atoms with Crippen LogP contribution in [0.2, 0.25) is 0 Å². The molecule has 1 fully saturated rings. The molecular formula is C26H31N3S. The van der Waals surface area contributed by atoms with Crippen molar-refractivity contribution in [2.75, 3.05) is 13.1 Å². The van der Waals surface area contributed by atoms with Gasteiger partial charge in [-0.05, 0) is 55.4 Å². The minimum Gasteiger partial charge on any atom is -0.363 e. The van der Waals surface area contributed by atoms with Gasteiger partial charge in [0.15, 0.2) is 0 Å². The normalized spacial score (nSPS) is 14.2. The zero-order valence-electron chi connectivity index (χ0n) is 18.3. The van der Waals surface area contributed by atoms with E-state index in [1.54, 1.807) is 11.3 Å². The Labute approximate surface area is 184 Å². The average Bonchev–Trinajstić information content (AvgIpc) is 3.45. The van der Waals surface area contributed by atoms with E-state index in [0.717, 1.165) is 43.7 Å². The van der Waals surface area contributed by atoms with Crippen LogP contribution in [0.4, 0.5) is 5.69 Å². The van der Waals surface area contributed by atoms with Gasteiger partial charge in [0.2, 0.25) is 0 Å². The first-order valence-corrected chi connectivity index (χ1v) is 12.0. The lowest BCUT2D eigenvalue weighted by Gasteiger charge is -2.14. The molecular weight excluding hydrogens is 386 g/mol. The van der Waals surface area contributed by atoms with E-state index in [1.807, 2.05) is 0 Å². The van der Waals surface area contributed by atoms with Crippen LogP contribution in [0, 0.1) is 6.92 Å².